The summed E-state index contributed by atoms with van der Waals surface area (Å²) in [4.78, 5) is 24.0. The number of nitrogens with one attached hydrogen (secondary N) is 1. The molecule has 0 aliphatic carbocycles. The topological polar surface area (TPSA) is 95.1 Å². The van der Waals surface area contributed by atoms with Gasteiger partial charge in [0.05, 0.1) is 23.1 Å². The van der Waals surface area contributed by atoms with Gasteiger partial charge in [-0.3, -0.25) is 0 Å². The lowest BCUT2D eigenvalue weighted by Gasteiger charge is -2.33. The number of fused-ring (bicyclic) bond motifs is 1. The lowest BCUT2D eigenvalue weighted by Crippen LogP contribution is -2.52. The summed E-state index contributed by atoms with van der Waals surface area (Å²) in [6, 6.07) is 9.74. The molecule has 32 heavy (non-hydrogen) atoms. The van der Waals surface area contributed by atoms with E-state index in [-0.39, 0.29) is 12.2 Å². The number of carbonyl (C=O) groups excluding carboxylic acids is 1. The molecule has 0 fully saturated rings. The number of benzene rings is 2. The van der Waals surface area contributed by atoms with E-state index in [4.69, 9.17) is 5.26 Å². The molecule has 1 heterocycles. The minimum atomic E-state index is -4.83. The van der Waals surface area contributed by atoms with Gasteiger partial charge in [-0.2, -0.15) is 18.4 Å². The summed E-state index contributed by atoms with van der Waals surface area (Å²) < 4.78 is 54.8. The van der Waals surface area contributed by atoms with Gasteiger partial charge in [-0.05, 0) is 49.4 Å². The molecule has 0 saturated heterocycles. The molecule has 3 rings (SSSR count). The fraction of sp³-hybridized carbons (Fsp3) is 0.227. The summed E-state index contributed by atoms with van der Waals surface area (Å²) in [7, 11) is 0. The van der Waals surface area contributed by atoms with Gasteiger partial charge < -0.3 is 19.8 Å². The summed E-state index contributed by atoms with van der Waals surface area (Å²) in [5.41, 5.74) is -3.48. The van der Waals surface area contributed by atoms with Crippen LogP contribution in [0.3, 0.4) is 0 Å². The maximum atomic E-state index is 13.4. The molecule has 0 bridgehead atoms. The number of nitrogens with zero attached hydrogens (tertiary/aromatic N) is 2. The maximum absolute atomic E-state index is 13.4. The number of halogens is 4. The van der Waals surface area contributed by atoms with Crippen LogP contribution in [0.1, 0.15) is 18.1 Å². The summed E-state index contributed by atoms with van der Waals surface area (Å²) in [6.45, 7) is 1.06. The van der Waals surface area contributed by atoms with E-state index in [9.17, 15) is 32.3 Å². The van der Waals surface area contributed by atoms with E-state index in [0.717, 1.165) is 12.1 Å². The van der Waals surface area contributed by atoms with Crippen LogP contribution in [0, 0.1) is 23.1 Å². The fourth-order valence-corrected chi connectivity index (χ4v) is 3.46. The number of anilines is 1. The zero-order chi connectivity index (χ0) is 23.7. The molecule has 10 heteroatoms. The molecule has 166 valence electrons. The lowest BCUT2D eigenvalue weighted by molar-refractivity contribution is -0.145. The Hall–Kier alpha value is -3.87. The Kier molecular flexibility index (Phi) is 5.94. The third-order valence-corrected chi connectivity index (χ3v) is 5.33. The smallest absolute Gasteiger partial charge is 0.417 e. The van der Waals surface area contributed by atoms with Crippen molar-refractivity contribution in [2.75, 3.05) is 5.32 Å². The largest absolute Gasteiger partial charge is 0.479 e. The molecule has 3 aromatic rings. The van der Waals surface area contributed by atoms with Crippen molar-refractivity contribution < 1.29 is 32.3 Å². The van der Waals surface area contributed by atoms with E-state index < -0.39 is 40.5 Å². The third kappa shape index (κ3) is 4.27. The Morgan fingerprint density at radius 1 is 1.25 bits per heavy atom. The van der Waals surface area contributed by atoms with Gasteiger partial charge >= 0.3 is 12.1 Å². The van der Waals surface area contributed by atoms with Gasteiger partial charge in [0.15, 0.2) is 0 Å². The lowest BCUT2D eigenvalue weighted by atomic mass is 9.85. The van der Waals surface area contributed by atoms with Gasteiger partial charge in [-0.1, -0.05) is 0 Å². The number of aliphatic carboxylic acids is 1. The highest BCUT2D eigenvalue weighted by molar-refractivity contribution is 5.87. The van der Waals surface area contributed by atoms with E-state index >= 15 is 0 Å². The number of hydrogen-bond acceptors (Lipinski definition) is 4. The Morgan fingerprint density at radius 2 is 1.97 bits per heavy atom. The third-order valence-electron chi connectivity index (χ3n) is 5.33. The van der Waals surface area contributed by atoms with Crippen LogP contribution in [0.4, 0.5) is 23.2 Å². The van der Waals surface area contributed by atoms with E-state index in [1.54, 1.807) is 16.8 Å². The first-order valence-electron chi connectivity index (χ1n) is 9.32. The maximum Gasteiger partial charge on any atom is 0.417 e. The van der Waals surface area contributed by atoms with Crippen molar-refractivity contribution in [2.24, 2.45) is 5.92 Å². The Labute approximate surface area is 179 Å². The van der Waals surface area contributed by atoms with Crippen LogP contribution in [0.15, 0.2) is 48.7 Å². The number of carboxylic acids is 1. The van der Waals surface area contributed by atoms with Gasteiger partial charge in [-0.25, -0.2) is 9.18 Å². The van der Waals surface area contributed by atoms with Gasteiger partial charge in [-0.15, -0.1) is 0 Å². The number of rotatable bonds is 7. The predicted molar refractivity (Wildman–Crippen MR) is 107 cm³/mol. The van der Waals surface area contributed by atoms with Crippen LogP contribution < -0.4 is 5.32 Å². The van der Waals surface area contributed by atoms with Crippen molar-refractivity contribution in [3.63, 3.8) is 0 Å². The van der Waals surface area contributed by atoms with Crippen molar-refractivity contribution >= 4 is 28.8 Å². The highest BCUT2D eigenvalue weighted by atomic mass is 19.4. The number of alkyl halides is 3. The molecule has 0 aliphatic heterocycles. The van der Waals surface area contributed by atoms with Crippen molar-refractivity contribution in [1.82, 2.24) is 4.57 Å². The molecule has 2 atom stereocenters. The van der Waals surface area contributed by atoms with Crippen molar-refractivity contribution in [1.29, 1.82) is 5.26 Å². The molecular formula is C22H17F4N3O3. The molecular weight excluding hydrogens is 430 g/mol. The Balaban J connectivity index is 1.98. The standard InChI is InChI=1S/C22H17F4N3O3/c1-21(20(31)32,28-17-4-2-14(10-27)18(9-17)22(24,25)26)15(12-30)11-29-7-6-13-8-16(23)3-5-19(13)29/h2-9,12,15,28H,11H2,1H3,(H,31,32). The Morgan fingerprint density at radius 3 is 2.56 bits per heavy atom. The number of nitriles is 1. The minimum absolute atomic E-state index is 0.128. The average molecular weight is 447 g/mol. The molecule has 1 aromatic heterocycles. The average Bonchev–Trinajstić information content (AvgIpc) is 3.12. The number of aromatic nitrogens is 1. The second kappa shape index (κ2) is 8.34. The van der Waals surface area contributed by atoms with Crippen LogP contribution in [-0.2, 0) is 22.3 Å². The van der Waals surface area contributed by atoms with Crippen LogP contribution in [-0.4, -0.2) is 27.5 Å². The molecule has 2 N–H and O–H groups in total. The summed E-state index contributed by atoms with van der Waals surface area (Å²) in [6.07, 6.45) is -2.86. The second-order valence-electron chi connectivity index (χ2n) is 7.42. The SMILES string of the molecule is CC(Nc1ccc(C#N)c(C(F)(F)F)c1)(C(=O)O)C(C=O)Cn1ccc2cc(F)ccc21. The van der Waals surface area contributed by atoms with Gasteiger partial charge in [0.2, 0.25) is 0 Å². The van der Waals surface area contributed by atoms with Gasteiger partial charge in [0.25, 0.3) is 0 Å². The normalized spacial score (nSPS) is 14.4. The van der Waals surface area contributed by atoms with Crippen molar-refractivity contribution in [2.45, 2.75) is 25.2 Å². The molecule has 0 radical (unpaired) electrons. The minimum Gasteiger partial charge on any atom is -0.479 e. The molecule has 0 amide bonds. The van der Waals surface area contributed by atoms with Gasteiger partial charge in [0, 0.05) is 29.3 Å². The van der Waals surface area contributed by atoms with E-state index in [1.165, 1.54) is 31.2 Å². The van der Waals surface area contributed by atoms with Crippen LogP contribution >= 0.6 is 0 Å². The first-order valence-corrected chi connectivity index (χ1v) is 9.32. The van der Waals surface area contributed by atoms with E-state index in [2.05, 4.69) is 5.32 Å². The molecule has 2 aromatic carbocycles. The molecule has 0 aliphatic rings. The van der Waals surface area contributed by atoms with Crippen molar-refractivity contribution in [3.8, 4) is 6.07 Å². The zero-order valence-corrected chi connectivity index (χ0v) is 16.7. The van der Waals surface area contributed by atoms with Crippen LogP contribution in [0.5, 0.6) is 0 Å². The quantitative estimate of drug-likeness (QED) is 0.413. The summed E-state index contributed by atoms with van der Waals surface area (Å²) in [5.74, 6) is -3.14. The number of aldehydes is 1. The molecule has 0 spiro atoms. The molecule has 2 unspecified atom stereocenters. The van der Waals surface area contributed by atoms with Crippen LogP contribution in [0.2, 0.25) is 0 Å². The second-order valence-corrected chi connectivity index (χ2v) is 7.42. The zero-order valence-electron chi connectivity index (χ0n) is 16.7. The monoisotopic (exact) mass is 447 g/mol. The van der Waals surface area contributed by atoms with Crippen molar-refractivity contribution in [3.05, 3.63) is 65.6 Å². The summed E-state index contributed by atoms with van der Waals surface area (Å²) in [5, 5.41) is 21.8. The molecule has 0 saturated carbocycles. The van der Waals surface area contributed by atoms with Crippen LogP contribution in [0.25, 0.3) is 10.9 Å². The number of carbonyl (C=O) groups is 2. The Bertz CT molecular complexity index is 1230. The van der Waals surface area contributed by atoms with E-state index in [1.807, 2.05) is 0 Å². The van der Waals surface area contributed by atoms with Gasteiger partial charge in [0.1, 0.15) is 17.6 Å². The van der Waals surface area contributed by atoms with E-state index in [0.29, 0.717) is 23.3 Å². The summed E-state index contributed by atoms with van der Waals surface area (Å²) >= 11 is 0. The first kappa shape index (κ1) is 22.8. The fourth-order valence-electron chi connectivity index (χ4n) is 3.46. The highest BCUT2D eigenvalue weighted by Crippen LogP contribution is 2.35. The number of hydrogen-bond donors (Lipinski definition) is 2. The number of carboxylic acid groups (broad SMARTS) is 1. The highest BCUT2D eigenvalue weighted by Gasteiger charge is 2.43. The molecule has 6 nitrogen and oxygen atoms in total. The predicted octanol–water partition coefficient (Wildman–Crippen LogP) is 4.44. The first-order chi connectivity index (χ1) is 15.0.